The van der Waals surface area contributed by atoms with Crippen LogP contribution in [0.1, 0.15) is 28.8 Å². The van der Waals surface area contributed by atoms with E-state index in [1.54, 1.807) is 41.3 Å². The second-order valence-electron chi connectivity index (χ2n) is 16.1. The SMILES string of the molecule is CN(CCOCCN1CCN(c2ccc3c(c2)CN(C2CCC(=O)NC2=O)C3=O)CC1)CCOc1ccc(Oc2c(-c3ccc(S(C)(=O)=O)cc3)ccc3cc(O)ccc23)cc1. The molecule has 3 aliphatic heterocycles. The molecule has 1 unspecified atom stereocenters. The molecule has 14 nitrogen and oxygen atoms in total. The van der Waals surface area contributed by atoms with Crippen molar-refractivity contribution in [3.05, 3.63) is 108 Å². The first kappa shape index (κ1) is 42.7. The fourth-order valence-corrected chi connectivity index (χ4v) is 8.79. The lowest BCUT2D eigenvalue weighted by Gasteiger charge is -2.36. The third kappa shape index (κ3) is 9.87. The summed E-state index contributed by atoms with van der Waals surface area (Å²) in [4.78, 5) is 45.8. The summed E-state index contributed by atoms with van der Waals surface area (Å²) in [6.45, 7) is 8.03. The van der Waals surface area contributed by atoms with E-state index in [-0.39, 0.29) is 28.9 Å². The molecule has 8 rings (SSSR count). The molecule has 3 amide bonds. The third-order valence-electron chi connectivity index (χ3n) is 11.7. The van der Waals surface area contributed by atoms with E-state index in [0.717, 1.165) is 79.0 Å². The summed E-state index contributed by atoms with van der Waals surface area (Å²) in [6.07, 6.45) is 1.78. The number of hydrogen-bond acceptors (Lipinski definition) is 12. The summed E-state index contributed by atoms with van der Waals surface area (Å²) in [7, 11) is -1.30. The van der Waals surface area contributed by atoms with E-state index in [1.807, 2.05) is 61.6 Å². The van der Waals surface area contributed by atoms with E-state index in [0.29, 0.717) is 55.6 Å². The van der Waals surface area contributed by atoms with E-state index in [2.05, 4.69) is 26.1 Å². The highest BCUT2D eigenvalue weighted by Gasteiger charge is 2.39. The number of rotatable bonds is 16. The van der Waals surface area contributed by atoms with Gasteiger partial charge in [0.15, 0.2) is 9.84 Å². The Morgan fingerprint density at radius 3 is 2.27 bits per heavy atom. The monoisotopic (exact) mass is 861 g/mol. The minimum Gasteiger partial charge on any atom is -0.508 e. The van der Waals surface area contributed by atoms with Crippen LogP contribution in [0.4, 0.5) is 5.69 Å². The van der Waals surface area contributed by atoms with Gasteiger partial charge in [-0.05, 0) is 109 Å². The van der Waals surface area contributed by atoms with Gasteiger partial charge in [-0.3, -0.25) is 24.6 Å². The Labute approximate surface area is 361 Å². The maximum absolute atomic E-state index is 13.1. The number of nitrogens with one attached hydrogen (secondary N) is 1. The standard InChI is InChI=1S/C47H51N5O9S/c1-49(23-26-59-27-25-50-19-21-51(22-20-50)35-6-15-42-34(29-35)31-52(47(42)56)43-17-18-44(54)48-46(43)55)24-28-60-37-8-10-38(11-9-37)61-45-40(14-5-33-30-36(53)7-16-41(33)45)32-3-12-39(13-4-32)62(2,57)58/h3-16,29-30,43,53H,17-28,31H2,1-2H3,(H,48,54,55). The van der Waals surface area contributed by atoms with E-state index >= 15 is 0 Å². The Hall–Kier alpha value is -6.00. The van der Waals surface area contributed by atoms with Crippen molar-refractivity contribution in [1.29, 1.82) is 0 Å². The van der Waals surface area contributed by atoms with Crippen molar-refractivity contribution >= 4 is 44.0 Å². The number of piperazine rings is 1. The maximum atomic E-state index is 13.1. The molecule has 0 aliphatic carbocycles. The van der Waals surface area contributed by atoms with Crippen molar-refractivity contribution in [2.75, 3.05) is 83.8 Å². The number of sulfone groups is 1. The van der Waals surface area contributed by atoms with Crippen LogP contribution in [0, 0.1) is 0 Å². The van der Waals surface area contributed by atoms with Gasteiger partial charge in [-0.15, -0.1) is 0 Å². The van der Waals surface area contributed by atoms with Gasteiger partial charge < -0.3 is 34.0 Å². The van der Waals surface area contributed by atoms with Crippen molar-refractivity contribution in [3.63, 3.8) is 0 Å². The van der Waals surface area contributed by atoms with Crippen molar-refractivity contribution in [1.82, 2.24) is 20.0 Å². The minimum absolute atomic E-state index is 0.148. The average molecular weight is 862 g/mol. The van der Waals surface area contributed by atoms with E-state index in [9.17, 15) is 27.9 Å². The zero-order valence-corrected chi connectivity index (χ0v) is 35.7. The summed E-state index contributed by atoms with van der Waals surface area (Å²) in [5.41, 5.74) is 4.20. The lowest BCUT2D eigenvalue weighted by atomic mass is 9.99. The number of ether oxygens (including phenoxy) is 3. The van der Waals surface area contributed by atoms with Gasteiger partial charge in [-0.25, -0.2) is 8.42 Å². The molecule has 324 valence electrons. The van der Waals surface area contributed by atoms with Crippen molar-refractivity contribution in [2.45, 2.75) is 30.3 Å². The van der Waals surface area contributed by atoms with Crippen LogP contribution < -0.4 is 19.7 Å². The van der Waals surface area contributed by atoms with Crippen molar-refractivity contribution in [3.8, 4) is 34.1 Å². The lowest BCUT2D eigenvalue weighted by Crippen LogP contribution is -2.52. The molecule has 0 saturated carbocycles. The van der Waals surface area contributed by atoms with Crippen LogP contribution in [-0.2, 0) is 30.7 Å². The van der Waals surface area contributed by atoms with Gasteiger partial charge in [-0.2, -0.15) is 0 Å². The first-order valence-electron chi connectivity index (χ1n) is 20.9. The molecule has 0 aromatic heterocycles. The van der Waals surface area contributed by atoms with E-state index < -0.39 is 21.8 Å². The number of likely N-dealkylation sites (N-methyl/N-ethyl adjacent to an activating group) is 1. The molecule has 0 bridgehead atoms. The Morgan fingerprint density at radius 1 is 0.806 bits per heavy atom. The predicted octanol–water partition coefficient (Wildman–Crippen LogP) is 5.32. The molecule has 5 aromatic rings. The number of aromatic hydroxyl groups is 1. The Balaban J connectivity index is 0.742. The number of piperidine rings is 1. The zero-order chi connectivity index (χ0) is 43.4. The molecule has 15 heteroatoms. The van der Waals surface area contributed by atoms with Crippen LogP contribution >= 0.6 is 0 Å². The third-order valence-corrected chi connectivity index (χ3v) is 12.9. The number of carbonyl (C=O) groups excluding carboxylic acids is 3. The summed E-state index contributed by atoms with van der Waals surface area (Å²) in [6, 6.07) is 28.3. The first-order chi connectivity index (χ1) is 29.9. The molecule has 2 N–H and O–H groups in total. The summed E-state index contributed by atoms with van der Waals surface area (Å²) in [5.74, 6) is 1.21. The van der Waals surface area contributed by atoms with E-state index in [4.69, 9.17) is 14.2 Å². The fraction of sp³-hybridized carbons (Fsp3) is 0.340. The number of carbonyl (C=O) groups is 3. The molecule has 0 radical (unpaired) electrons. The highest BCUT2D eigenvalue weighted by atomic mass is 32.2. The van der Waals surface area contributed by atoms with Gasteiger partial charge in [0.2, 0.25) is 11.8 Å². The van der Waals surface area contributed by atoms with Gasteiger partial charge in [0.25, 0.3) is 5.91 Å². The molecule has 5 aromatic carbocycles. The summed E-state index contributed by atoms with van der Waals surface area (Å²) >= 11 is 0. The van der Waals surface area contributed by atoms with Crippen LogP contribution in [0.15, 0.2) is 102 Å². The van der Waals surface area contributed by atoms with Gasteiger partial charge in [-0.1, -0.05) is 18.2 Å². The van der Waals surface area contributed by atoms with Crippen molar-refractivity contribution < 1.29 is 42.1 Å². The second-order valence-corrected chi connectivity index (χ2v) is 18.1. The molecule has 2 saturated heterocycles. The number of phenolic OH excluding ortho intramolecular Hbond substituents is 1. The first-order valence-corrected chi connectivity index (χ1v) is 22.8. The minimum atomic E-state index is -3.34. The smallest absolute Gasteiger partial charge is 0.255 e. The topological polar surface area (TPSA) is 158 Å². The number of amides is 3. The van der Waals surface area contributed by atoms with E-state index in [1.165, 1.54) is 6.26 Å². The Kier molecular flexibility index (Phi) is 12.8. The van der Waals surface area contributed by atoms with Crippen LogP contribution in [0.25, 0.3) is 21.9 Å². The molecular formula is C47H51N5O9S. The number of anilines is 1. The van der Waals surface area contributed by atoms with Crippen molar-refractivity contribution in [2.24, 2.45) is 0 Å². The maximum Gasteiger partial charge on any atom is 0.255 e. The highest BCUT2D eigenvalue weighted by Crippen LogP contribution is 2.41. The summed E-state index contributed by atoms with van der Waals surface area (Å²) in [5, 5.41) is 14.1. The number of hydrogen-bond donors (Lipinski definition) is 2. The number of phenols is 1. The van der Waals surface area contributed by atoms with Gasteiger partial charge in [0.05, 0.1) is 18.1 Å². The van der Waals surface area contributed by atoms with Gasteiger partial charge in [0.1, 0.15) is 35.6 Å². The highest BCUT2D eigenvalue weighted by molar-refractivity contribution is 7.90. The second kappa shape index (κ2) is 18.5. The number of imide groups is 1. The molecule has 62 heavy (non-hydrogen) atoms. The lowest BCUT2D eigenvalue weighted by molar-refractivity contribution is -0.136. The number of nitrogens with zero attached hydrogens (tertiary/aromatic N) is 4. The quantitative estimate of drug-likeness (QED) is 0.0974. The van der Waals surface area contributed by atoms with Gasteiger partial charge >= 0.3 is 0 Å². The molecule has 0 spiro atoms. The number of benzene rings is 5. The average Bonchev–Trinajstić information content (AvgIpc) is 3.58. The molecule has 3 aliphatic rings. The van der Waals surface area contributed by atoms with Crippen LogP contribution in [0.2, 0.25) is 0 Å². The largest absolute Gasteiger partial charge is 0.508 e. The van der Waals surface area contributed by atoms with Crippen LogP contribution in [0.5, 0.6) is 23.0 Å². The Morgan fingerprint density at radius 2 is 1.53 bits per heavy atom. The Bertz CT molecular complexity index is 2560. The fourth-order valence-electron chi connectivity index (χ4n) is 8.16. The summed E-state index contributed by atoms with van der Waals surface area (Å²) < 4.78 is 42.6. The number of fused-ring (bicyclic) bond motifs is 2. The molecule has 2 fully saturated rings. The molecule has 1 atom stereocenters. The van der Waals surface area contributed by atoms with Gasteiger partial charge in [0, 0.05) is 87.2 Å². The molecular weight excluding hydrogens is 811 g/mol. The predicted molar refractivity (Wildman–Crippen MR) is 236 cm³/mol. The molecule has 3 heterocycles. The van der Waals surface area contributed by atoms with Crippen LogP contribution in [-0.4, -0.2) is 131 Å². The normalized spacial score (nSPS) is 17.1. The zero-order valence-electron chi connectivity index (χ0n) is 34.9. The van der Waals surface area contributed by atoms with Crippen LogP contribution in [0.3, 0.4) is 0 Å².